The van der Waals surface area contributed by atoms with Gasteiger partial charge in [-0.2, -0.15) is 21.0 Å². The normalized spacial score (nSPS) is 18.3. The molecule has 0 aromatic carbocycles. The predicted octanol–water partition coefficient (Wildman–Crippen LogP) is 3.13. The molecule has 0 bridgehead atoms. The minimum atomic E-state index is 0.116. The Morgan fingerprint density at radius 3 is 2.81 bits per heavy atom. The van der Waals surface area contributed by atoms with Crippen LogP contribution in [0.5, 0.6) is 5.88 Å². The second-order valence-corrected chi connectivity index (χ2v) is 7.09. The minimum absolute atomic E-state index is 0.116. The SMILES string of the molecule is Oc1c([C@H](c2ccsc2)N2CCCCC2)sc2ncnn12. The summed E-state index contributed by atoms with van der Waals surface area (Å²) < 4.78 is 1.53. The second-order valence-electron chi connectivity index (χ2n) is 5.30. The zero-order chi connectivity index (χ0) is 14.2. The molecule has 1 N–H and O–H groups in total. The Morgan fingerprint density at radius 1 is 1.24 bits per heavy atom. The van der Waals surface area contributed by atoms with Gasteiger partial charge < -0.3 is 5.11 Å². The second kappa shape index (κ2) is 5.40. The summed E-state index contributed by atoms with van der Waals surface area (Å²) in [6.07, 6.45) is 5.23. The Kier molecular flexibility index (Phi) is 3.40. The molecule has 21 heavy (non-hydrogen) atoms. The fraction of sp³-hybridized carbons (Fsp3) is 0.429. The average Bonchev–Trinajstić information content (AvgIpc) is 3.22. The van der Waals surface area contributed by atoms with Crippen molar-refractivity contribution in [1.82, 2.24) is 19.5 Å². The lowest BCUT2D eigenvalue weighted by Crippen LogP contribution is -2.33. The molecular formula is C14H16N4OS2. The Bertz CT molecular complexity index is 727. The minimum Gasteiger partial charge on any atom is -0.492 e. The molecule has 0 amide bonds. The van der Waals surface area contributed by atoms with Crippen molar-refractivity contribution in [2.24, 2.45) is 0 Å². The summed E-state index contributed by atoms with van der Waals surface area (Å²) in [6.45, 7) is 2.15. The maximum atomic E-state index is 10.5. The van der Waals surface area contributed by atoms with E-state index in [4.69, 9.17) is 0 Å². The lowest BCUT2D eigenvalue weighted by molar-refractivity contribution is 0.187. The van der Waals surface area contributed by atoms with E-state index in [9.17, 15) is 5.11 Å². The maximum absolute atomic E-state index is 10.5. The number of nitrogens with zero attached hydrogens (tertiary/aromatic N) is 4. The van der Waals surface area contributed by atoms with Crippen molar-refractivity contribution in [2.75, 3.05) is 13.1 Å². The lowest BCUT2D eigenvalue weighted by atomic mass is 10.0. The van der Waals surface area contributed by atoms with Gasteiger partial charge in [0.25, 0.3) is 0 Å². The Morgan fingerprint density at radius 2 is 2.10 bits per heavy atom. The number of likely N-dealkylation sites (tertiary alicyclic amines) is 1. The van der Waals surface area contributed by atoms with Crippen LogP contribution in [0.2, 0.25) is 0 Å². The van der Waals surface area contributed by atoms with Gasteiger partial charge in [-0.3, -0.25) is 4.90 Å². The molecule has 1 aliphatic heterocycles. The standard InChI is InChI=1S/C14H16N4OS2/c19-13-12(21-14-15-9-16-18(13)14)11(10-4-7-20-8-10)17-5-2-1-3-6-17/h4,7-9,11,19H,1-3,5-6H2/t11-/m0/s1. The smallest absolute Gasteiger partial charge is 0.230 e. The van der Waals surface area contributed by atoms with Gasteiger partial charge in [0.05, 0.1) is 10.9 Å². The van der Waals surface area contributed by atoms with Gasteiger partial charge in [0.1, 0.15) is 6.33 Å². The first-order valence-electron chi connectivity index (χ1n) is 7.12. The number of fused-ring (bicyclic) bond motifs is 1. The molecule has 0 spiro atoms. The summed E-state index contributed by atoms with van der Waals surface area (Å²) in [6, 6.07) is 2.27. The molecule has 0 radical (unpaired) electrons. The van der Waals surface area contributed by atoms with Crippen molar-refractivity contribution < 1.29 is 5.11 Å². The quantitative estimate of drug-likeness (QED) is 0.805. The molecule has 0 saturated carbocycles. The number of aromatic hydroxyl groups is 1. The average molecular weight is 320 g/mol. The van der Waals surface area contributed by atoms with Crippen molar-refractivity contribution in [3.05, 3.63) is 33.6 Å². The van der Waals surface area contributed by atoms with Crippen molar-refractivity contribution in [3.63, 3.8) is 0 Å². The van der Waals surface area contributed by atoms with Crippen LogP contribution in [0, 0.1) is 0 Å². The molecular weight excluding hydrogens is 304 g/mol. The summed E-state index contributed by atoms with van der Waals surface area (Å²) in [5.41, 5.74) is 1.25. The van der Waals surface area contributed by atoms with E-state index in [0.717, 1.165) is 22.9 Å². The zero-order valence-electron chi connectivity index (χ0n) is 11.5. The van der Waals surface area contributed by atoms with Crippen LogP contribution in [-0.2, 0) is 0 Å². The number of hydrogen-bond donors (Lipinski definition) is 1. The maximum Gasteiger partial charge on any atom is 0.230 e. The first-order chi connectivity index (χ1) is 10.3. The van der Waals surface area contributed by atoms with E-state index < -0.39 is 0 Å². The van der Waals surface area contributed by atoms with Crippen molar-refractivity contribution in [2.45, 2.75) is 25.3 Å². The summed E-state index contributed by atoms with van der Waals surface area (Å²) in [5.74, 6) is 0.231. The highest BCUT2D eigenvalue weighted by Crippen LogP contribution is 2.41. The molecule has 7 heteroatoms. The van der Waals surface area contributed by atoms with Crippen LogP contribution in [0.4, 0.5) is 0 Å². The van der Waals surface area contributed by atoms with E-state index >= 15 is 0 Å². The molecule has 4 heterocycles. The Balaban J connectivity index is 1.81. The van der Waals surface area contributed by atoms with Crippen LogP contribution in [-0.4, -0.2) is 37.7 Å². The number of piperidine rings is 1. The van der Waals surface area contributed by atoms with Crippen LogP contribution in [0.3, 0.4) is 0 Å². The molecule has 1 saturated heterocycles. The van der Waals surface area contributed by atoms with Gasteiger partial charge in [0, 0.05) is 0 Å². The number of rotatable bonds is 3. The van der Waals surface area contributed by atoms with E-state index in [-0.39, 0.29) is 11.9 Å². The molecule has 1 aliphatic rings. The molecule has 0 aliphatic carbocycles. The van der Waals surface area contributed by atoms with Gasteiger partial charge in [-0.25, -0.2) is 4.98 Å². The molecule has 5 nitrogen and oxygen atoms in total. The topological polar surface area (TPSA) is 53.7 Å². The molecule has 3 aromatic rings. The van der Waals surface area contributed by atoms with Crippen molar-refractivity contribution in [3.8, 4) is 5.88 Å². The molecule has 110 valence electrons. The van der Waals surface area contributed by atoms with Gasteiger partial charge >= 0.3 is 0 Å². The summed E-state index contributed by atoms with van der Waals surface area (Å²) in [4.78, 5) is 8.37. The molecule has 4 rings (SSSR count). The summed E-state index contributed by atoms with van der Waals surface area (Å²) in [5, 5.41) is 18.9. The van der Waals surface area contributed by atoms with Gasteiger partial charge in [-0.1, -0.05) is 17.8 Å². The van der Waals surface area contributed by atoms with Crippen LogP contribution < -0.4 is 0 Å². The third-order valence-corrected chi connectivity index (χ3v) is 5.79. The number of thiophene rings is 1. The van der Waals surface area contributed by atoms with Crippen molar-refractivity contribution in [1.29, 1.82) is 0 Å². The van der Waals surface area contributed by atoms with Crippen LogP contribution in [0.1, 0.15) is 35.7 Å². The van der Waals surface area contributed by atoms with E-state index in [1.165, 1.54) is 47.0 Å². The number of aromatic nitrogens is 3. The van der Waals surface area contributed by atoms with E-state index in [0.29, 0.717) is 0 Å². The summed E-state index contributed by atoms with van der Waals surface area (Å²) >= 11 is 3.23. The molecule has 0 unspecified atom stereocenters. The van der Waals surface area contributed by atoms with Crippen LogP contribution in [0.15, 0.2) is 23.2 Å². The fourth-order valence-corrected chi connectivity index (χ4v) is 4.78. The highest BCUT2D eigenvalue weighted by Gasteiger charge is 2.30. The fourth-order valence-electron chi connectivity index (χ4n) is 3.01. The van der Waals surface area contributed by atoms with Gasteiger partial charge in [0.15, 0.2) is 0 Å². The first-order valence-corrected chi connectivity index (χ1v) is 8.88. The van der Waals surface area contributed by atoms with E-state index in [1.807, 2.05) is 0 Å². The largest absolute Gasteiger partial charge is 0.492 e. The van der Waals surface area contributed by atoms with E-state index in [1.54, 1.807) is 11.3 Å². The Labute approximate surface area is 130 Å². The highest BCUT2D eigenvalue weighted by molar-refractivity contribution is 7.17. The third-order valence-electron chi connectivity index (χ3n) is 4.00. The number of thiazole rings is 1. The third kappa shape index (κ3) is 2.25. The van der Waals surface area contributed by atoms with E-state index in [2.05, 4.69) is 31.8 Å². The van der Waals surface area contributed by atoms with Gasteiger partial charge in [-0.15, -0.1) is 0 Å². The first kappa shape index (κ1) is 13.2. The van der Waals surface area contributed by atoms with Crippen LogP contribution >= 0.6 is 22.7 Å². The molecule has 3 aromatic heterocycles. The van der Waals surface area contributed by atoms with Gasteiger partial charge in [0.2, 0.25) is 10.8 Å². The molecule has 1 atom stereocenters. The Hall–Kier alpha value is -1.44. The highest BCUT2D eigenvalue weighted by atomic mass is 32.1. The lowest BCUT2D eigenvalue weighted by Gasteiger charge is -2.33. The predicted molar refractivity (Wildman–Crippen MR) is 84.1 cm³/mol. The number of hydrogen-bond acceptors (Lipinski definition) is 6. The summed E-state index contributed by atoms with van der Waals surface area (Å²) in [7, 11) is 0. The molecule has 1 fully saturated rings. The zero-order valence-corrected chi connectivity index (χ0v) is 13.1. The van der Waals surface area contributed by atoms with Crippen LogP contribution in [0.25, 0.3) is 4.96 Å². The monoisotopic (exact) mass is 320 g/mol. The van der Waals surface area contributed by atoms with Crippen molar-refractivity contribution >= 4 is 27.6 Å². The van der Waals surface area contributed by atoms with Gasteiger partial charge in [-0.05, 0) is 48.3 Å².